The van der Waals surface area contributed by atoms with Crippen molar-refractivity contribution in [2.45, 2.75) is 13.0 Å². The van der Waals surface area contributed by atoms with Crippen molar-refractivity contribution in [2.75, 3.05) is 28.4 Å². The van der Waals surface area contributed by atoms with Crippen molar-refractivity contribution >= 4 is 32.3 Å². The van der Waals surface area contributed by atoms with Gasteiger partial charge in [0.15, 0.2) is 35.7 Å². The molecule has 0 fully saturated rings. The quantitative estimate of drug-likeness (QED) is 0.259. The van der Waals surface area contributed by atoms with Crippen molar-refractivity contribution in [3.63, 3.8) is 0 Å². The van der Waals surface area contributed by atoms with Crippen molar-refractivity contribution in [2.24, 2.45) is 0 Å². The molecule has 0 unspecified atom stereocenters. The van der Waals surface area contributed by atoms with Crippen molar-refractivity contribution in [3.05, 3.63) is 66.4 Å². The lowest BCUT2D eigenvalue weighted by molar-refractivity contribution is -0.686. The lowest BCUT2D eigenvalue weighted by Crippen LogP contribution is -2.40. The van der Waals surface area contributed by atoms with Gasteiger partial charge < -0.3 is 18.9 Å². The molecule has 0 saturated carbocycles. The largest absolute Gasteiger partial charge is 0.493 e. The molecule has 0 radical (unpaired) electrons. The predicted molar refractivity (Wildman–Crippen MR) is 135 cm³/mol. The Morgan fingerprint density at radius 2 is 1.06 bits per heavy atom. The van der Waals surface area contributed by atoms with Gasteiger partial charge in [-0.2, -0.15) is 4.57 Å². The highest BCUT2D eigenvalue weighted by Gasteiger charge is 2.25. The first kappa shape index (κ1) is 20.6. The Morgan fingerprint density at radius 1 is 0.588 bits per heavy atom. The molecule has 6 rings (SSSR count). The molecule has 4 aromatic carbocycles. The van der Waals surface area contributed by atoms with Crippen LogP contribution in [0.1, 0.15) is 5.56 Å². The SMILES string of the molecule is COc1cc2c3cc(OC)c(OC)cc3c3c[n+]4c(cc3c2cc1OC)-c1ccccc1CC4. The minimum Gasteiger partial charge on any atom is -0.493 e. The van der Waals surface area contributed by atoms with Crippen molar-refractivity contribution in [3.8, 4) is 34.3 Å². The van der Waals surface area contributed by atoms with Crippen LogP contribution in [-0.4, -0.2) is 28.4 Å². The van der Waals surface area contributed by atoms with E-state index in [0.717, 1.165) is 34.5 Å². The van der Waals surface area contributed by atoms with E-state index in [4.69, 9.17) is 18.9 Å². The molecule has 0 saturated heterocycles. The van der Waals surface area contributed by atoms with Crippen LogP contribution in [-0.2, 0) is 13.0 Å². The number of aromatic nitrogens is 1. The molecular weight excluding hydrogens is 426 g/mol. The number of hydrogen-bond donors (Lipinski definition) is 0. The Balaban J connectivity index is 1.82. The summed E-state index contributed by atoms with van der Waals surface area (Å²) in [5.41, 5.74) is 3.90. The van der Waals surface area contributed by atoms with Gasteiger partial charge in [-0.25, -0.2) is 0 Å². The van der Waals surface area contributed by atoms with E-state index in [1.165, 1.54) is 27.6 Å². The number of methoxy groups -OCH3 is 4. The van der Waals surface area contributed by atoms with Gasteiger partial charge in [-0.1, -0.05) is 18.2 Å². The molecule has 0 aliphatic carbocycles. The van der Waals surface area contributed by atoms with Gasteiger partial charge in [0.05, 0.1) is 33.8 Å². The summed E-state index contributed by atoms with van der Waals surface area (Å²) in [6.45, 7) is 0.945. The molecule has 1 aromatic heterocycles. The molecule has 5 aromatic rings. The second-order valence-electron chi connectivity index (χ2n) is 8.59. The van der Waals surface area contributed by atoms with Crippen LogP contribution in [0.2, 0.25) is 0 Å². The minimum absolute atomic E-state index is 0.697. The zero-order valence-corrected chi connectivity index (χ0v) is 19.8. The molecule has 0 bridgehead atoms. The zero-order valence-electron chi connectivity index (χ0n) is 19.8. The van der Waals surface area contributed by atoms with E-state index in [0.29, 0.717) is 23.0 Å². The number of rotatable bonds is 4. The highest BCUT2D eigenvalue weighted by molar-refractivity contribution is 6.26. The molecule has 0 amide bonds. The maximum absolute atomic E-state index is 5.68. The maximum atomic E-state index is 5.68. The molecule has 2 heterocycles. The number of fused-ring (bicyclic) bond motifs is 9. The fraction of sp³-hybridized carbons (Fsp3) is 0.207. The Bertz CT molecular complexity index is 1570. The fourth-order valence-corrected chi connectivity index (χ4v) is 5.33. The lowest BCUT2D eigenvalue weighted by Gasteiger charge is -2.18. The highest BCUT2D eigenvalue weighted by atomic mass is 16.5. The monoisotopic (exact) mass is 452 g/mol. The van der Waals surface area contributed by atoms with Gasteiger partial charge >= 0.3 is 0 Å². The van der Waals surface area contributed by atoms with Crippen LogP contribution in [0.15, 0.2) is 60.8 Å². The van der Waals surface area contributed by atoms with Crippen LogP contribution in [0, 0.1) is 0 Å². The van der Waals surface area contributed by atoms with Crippen LogP contribution in [0.25, 0.3) is 43.6 Å². The summed E-state index contributed by atoms with van der Waals surface area (Å²) in [4.78, 5) is 0. The van der Waals surface area contributed by atoms with Crippen LogP contribution in [0.5, 0.6) is 23.0 Å². The van der Waals surface area contributed by atoms with E-state index in [-0.39, 0.29) is 0 Å². The predicted octanol–water partition coefficient (Wildman–Crippen LogP) is 5.69. The standard InChI is InChI=1S/C29H26NO4/c1-31-26-12-20-19-11-25-18-8-6-5-7-17(18)9-10-30(25)16-24(19)23-15-29(34-4)28(33-3)14-22(23)21(20)13-27(26)32-2/h5-8,11-16H,9-10H2,1-4H3/q+1. The number of benzene rings is 4. The second-order valence-corrected chi connectivity index (χ2v) is 8.59. The highest BCUT2D eigenvalue weighted by Crippen LogP contribution is 2.44. The van der Waals surface area contributed by atoms with E-state index in [1.807, 2.05) is 0 Å². The van der Waals surface area contributed by atoms with E-state index >= 15 is 0 Å². The smallest absolute Gasteiger partial charge is 0.213 e. The van der Waals surface area contributed by atoms with E-state index in [9.17, 15) is 0 Å². The number of pyridine rings is 1. The molecule has 0 N–H and O–H groups in total. The average molecular weight is 453 g/mol. The second kappa shape index (κ2) is 7.80. The molecule has 170 valence electrons. The maximum Gasteiger partial charge on any atom is 0.213 e. The molecule has 5 heteroatoms. The normalized spacial score (nSPS) is 12.5. The van der Waals surface area contributed by atoms with Crippen molar-refractivity contribution in [1.29, 1.82) is 0 Å². The summed E-state index contributed by atoms with van der Waals surface area (Å²) in [5.74, 6) is 2.82. The first-order chi connectivity index (χ1) is 16.7. The Kier molecular flexibility index (Phi) is 4.73. The minimum atomic E-state index is 0.697. The third-order valence-electron chi connectivity index (χ3n) is 7.00. The number of ether oxygens (including phenoxy) is 4. The number of hydrogen-bond acceptors (Lipinski definition) is 4. The van der Waals surface area contributed by atoms with Gasteiger partial charge in [0.2, 0.25) is 5.69 Å². The summed E-state index contributed by atoms with van der Waals surface area (Å²) in [5, 5.41) is 6.71. The Labute approximate surface area is 198 Å². The zero-order chi connectivity index (χ0) is 23.4. The first-order valence-corrected chi connectivity index (χ1v) is 11.4. The third kappa shape index (κ3) is 2.90. The van der Waals surface area contributed by atoms with Crippen LogP contribution >= 0.6 is 0 Å². The van der Waals surface area contributed by atoms with Gasteiger partial charge in [-0.05, 0) is 52.1 Å². The molecule has 0 atom stereocenters. The van der Waals surface area contributed by atoms with Crippen LogP contribution in [0.3, 0.4) is 0 Å². The molecule has 1 aliphatic heterocycles. The summed E-state index contributed by atoms with van der Waals surface area (Å²) in [7, 11) is 6.68. The van der Waals surface area contributed by atoms with Crippen LogP contribution in [0.4, 0.5) is 0 Å². The van der Waals surface area contributed by atoms with E-state index in [2.05, 4.69) is 65.4 Å². The number of aryl methyl sites for hydroxylation is 2. The third-order valence-corrected chi connectivity index (χ3v) is 7.00. The Morgan fingerprint density at radius 3 is 1.59 bits per heavy atom. The van der Waals surface area contributed by atoms with Gasteiger partial charge in [0.1, 0.15) is 0 Å². The molecule has 5 nitrogen and oxygen atoms in total. The summed E-state index contributed by atoms with van der Waals surface area (Å²) >= 11 is 0. The molecular formula is C29H26NO4+. The Hall–Kier alpha value is -3.99. The summed E-state index contributed by atoms with van der Waals surface area (Å²) < 4.78 is 25.0. The molecule has 34 heavy (non-hydrogen) atoms. The van der Waals surface area contributed by atoms with Gasteiger partial charge in [0.25, 0.3) is 0 Å². The average Bonchev–Trinajstić information content (AvgIpc) is 2.90. The summed E-state index contributed by atoms with van der Waals surface area (Å²) in [6, 6.07) is 19.3. The molecule has 0 spiro atoms. The van der Waals surface area contributed by atoms with Gasteiger partial charge in [0, 0.05) is 28.8 Å². The van der Waals surface area contributed by atoms with Gasteiger partial charge in [-0.15, -0.1) is 0 Å². The first-order valence-electron chi connectivity index (χ1n) is 11.4. The summed E-state index contributed by atoms with van der Waals surface area (Å²) in [6.07, 6.45) is 3.30. The topological polar surface area (TPSA) is 40.8 Å². The van der Waals surface area contributed by atoms with E-state index < -0.39 is 0 Å². The number of nitrogens with zero attached hydrogens (tertiary/aromatic N) is 1. The fourth-order valence-electron chi connectivity index (χ4n) is 5.33. The van der Waals surface area contributed by atoms with Crippen LogP contribution < -0.4 is 23.5 Å². The lowest BCUT2D eigenvalue weighted by atomic mass is 9.91. The van der Waals surface area contributed by atoms with Crippen molar-refractivity contribution in [1.82, 2.24) is 0 Å². The van der Waals surface area contributed by atoms with Gasteiger partial charge in [-0.3, -0.25) is 0 Å². The van der Waals surface area contributed by atoms with Crippen molar-refractivity contribution < 1.29 is 23.5 Å². The van der Waals surface area contributed by atoms with E-state index in [1.54, 1.807) is 28.4 Å². The molecule has 1 aliphatic rings.